The SMILES string of the molecule is COC1(CC(=O)N(CCC(N)=NO)C2CC2)CCC1. The average Bonchev–Trinajstić information content (AvgIpc) is 3.18. The molecule has 108 valence electrons. The molecule has 0 aromatic carbocycles. The molecular formula is C13H23N3O3. The number of amidine groups is 1. The largest absolute Gasteiger partial charge is 0.409 e. The first kappa shape index (κ1) is 14.1. The van der Waals surface area contributed by atoms with E-state index in [0.29, 0.717) is 25.4 Å². The van der Waals surface area contributed by atoms with Gasteiger partial charge in [-0.05, 0) is 32.1 Å². The van der Waals surface area contributed by atoms with Crippen LogP contribution >= 0.6 is 0 Å². The number of amides is 1. The van der Waals surface area contributed by atoms with Crippen molar-refractivity contribution < 1.29 is 14.7 Å². The summed E-state index contributed by atoms with van der Waals surface area (Å²) < 4.78 is 5.51. The molecule has 0 unspecified atom stereocenters. The summed E-state index contributed by atoms with van der Waals surface area (Å²) in [5, 5.41) is 11.5. The number of nitrogens with two attached hydrogens (primary N) is 1. The van der Waals surface area contributed by atoms with Crippen LogP contribution in [-0.4, -0.2) is 47.1 Å². The first-order valence-corrected chi connectivity index (χ1v) is 6.91. The molecule has 19 heavy (non-hydrogen) atoms. The summed E-state index contributed by atoms with van der Waals surface area (Å²) >= 11 is 0. The van der Waals surface area contributed by atoms with Gasteiger partial charge in [-0.1, -0.05) is 5.16 Å². The maximum atomic E-state index is 12.4. The summed E-state index contributed by atoms with van der Waals surface area (Å²) in [6.45, 7) is 0.527. The number of carbonyl (C=O) groups excluding carboxylic acids is 1. The molecular weight excluding hydrogens is 246 g/mol. The summed E-state index contributed by atoms with van der Waals surface area (Å²) in [6.07, 6.45) is 6.05. The number of carbonyl (C=O) groups is 1. The molecule has 0 radical (unpaired) electrons. The average molecular weight is 269 g/mol. The number of nitrogens with zero attached hydrogens (tertiary/aromatic N) is 2. The Morgan fingerprint density at radius 1 is 1.53 bits per heavy atom. The van der Waals surface area contributed by atoms with E-state index in [1.807, 2.05) is 4.90 Å². The summed E-state index contributed by atoms with van der Waals surface area (Å²) in [7, 11) is 1.68. The van der Waals surface area contributed by atoms with Crippen LogP contribution in [-0.2, 0) is 9.53 Å². The molecule has 0 bridgehead atoms. The Bertz CT molecular complexity index is 357. The predicted molar refractivity (Wildman–Crippen MR) is 71.0 cm³/mol. The summed E-state index contributed by atoms with van der Waals surface area (Å²) in [6, 6.07) is 0.341. The topological polar surface area (TPSA) is 88.2 Å². The van der Waals surface area contributed by atoms with E-state index >= 15 is 0 Å². The molecule has 0 aromatic rings. The van der Waals surface area contributed by atoms with Crippen LogP contribution in [0.15, 0.2) is 5.16 Å². The highest BCUT2D eigenvalue weighted by Gasteiger charge is 2.42. The van der Waals surface area contributed by atoms with Gasteiger partial charge in [0.05, 0.1) is 12.0 Å². The van der Waals surface area contributed by atoms with Crippen LogP contribution in [0.25, 0.3) is 0 Å². The first-order valence-electron chi connectivity index (χ1n) is 6.91. The van der Waals surface area contributed by atoms with Crippen molar-refractivity contribution in [1.82, 2.24) is 4.90 Å². The van der Waals surface area contributed by atoms with Crippen LogP contribution in [0.1, 0.15) is 44.9 Å². The molecule has 2 aliphatic carbocycles. The second-order valence-corrected chi connectivity index (χ2v) is 5.58. The van der Waals surface area contributed by atoms with Gasteiger partial charge in [-0.15, -0.1) is 0 Å². The summed E-state index contributed by atoms with van der Waals surface area (Å²) in [4.78, 5) is 14.3. The van der Waals surface area contributed by atoms with E-state index in [9.17, 15) is 4.79 Å². The number of oxime groups is 1. The van der Waals surface area contributed by atoms with Crippen LogP contribution in [0.5, 0.6) is 0 Å². The van der Waals surface area contributed by atoms with Crippen LogP contribution in [0, 0.1) is 0 Å². The zero-order chi connectivity index (χ0) is 13.9. The molecule has 2 fully saturated rings. The molecule has 3 N–H and O–H groups in total. The van der Waals surface area contributed by atoms with Gasteiger partial charge in [0, 0.05) is 26.1 Å². The Morgan fingerprint density at radius 3 is 2.63 bits per heavy atom. The monoisotopic (exact) mass is 269 g/mol. The maximum absolute atomic E-state index is 12.4. The minimum absolute atomic E-state index is 0.134. The van der Waals surface area contributed by atoms with Crippen molar-refractivity contribution in [1.29, 1.82) is 0 Å². The lowest BCUT2D eigenvalue weighted by atomic mass is 9.77. The van der Waals surface area contributed by atoms with Gasteiger partial charge in [-0.2, -0.15) is 0 Å². The lowest BCUT2D eigenvalue weighted by Crippen LogP contribution is -2.46. The number of ether oxygens (including phenoxy) is 1. The summed E-state index contributed by atoms with van der Waals surface area (Å²) in [5.41, 5.74) is 5.23. The molecule has 6 heteroatoms. The van der Waals surface area contributed by atoms with Crippen molar-refractivity contribution in [3.05, 3.63) is 0 Å². The van der Waals surface area contributed by atoms with Gasteiger partial charge in [0.25, 0.3) is 0 Å². The van der Waals surface area contributed by atoms with Crippen LogP contribution in [0.2, 0.25) is 0 Å². The molecule has 0 aromatic heterocycles. The zero-order valence-electron chi connectivity index (χ0n) is 11.5. The fourth-order valence-electron chi connectivity index (χ4n) is 2.58. The van der Waals surface area contributed by atoms with Crippen LogP contribution in [0.3, 0.4) is 0 Å². The Kier molecular flexibility index (Phi) is 4.29. The molecule has 0 spiro atoms. The van der Waals surface area contributed by atoms with Gasteiger partial charge < -0.3 is 20.6 Å². The lowest BCUT2D eigenvalue weighted by Gasteiger charge is -2.41. The normalized spacial score (nSPS) is 21.8. The van der Waals surface area contributed by atoms with E-state index in [2.05, 4.69) is 5.16 Å². The molecule has 0 aliphatic heterocycles. The lowest BCUT2D eigenvalue weighted by molar-refractivity contribution is -0.144. The van der Waals surface area contributed by atoms with Crippen molar-refractivity contribution >= 4 is 11.7 Å². The van der Waals surface area contributed by atoms with Crippen LogP contribution in [0.4, 0.5) is 0 Å². The fraction of sp³-hybridized carbons (Fsp3) is 0.846. The number of methoxy groups -OCH3 is 1. The van der Waals surface area contributed by atoms with E-state index < -0.39 is 0 Å². The standard InChI is InChI=1S/C13H23N3O3/c1-19-13(6-2-7-13)9-12(17)16(10-3-4-10)8-5-11(14)15-18/h10,18H,2-9H2,1H3,(H2,14,15). The molecule has 2 rings (SSSR count). The zero-order valence-corrected chi connectivity index (χ0v) is 11.5. The van der Waals surface area contributed by atoms with E-state index in [0.717, 1.165) is 32.1 Å². The molecule has 0 saturated heterocycles. The van der Waals surface area contributed by atoms with Gasteiger partial charge in [-0.25, -0.2) is 0 Å². The Labute approximate surface area is 113 Å². The Hall–Kier alpha value is -1.30. The van der Waals surface area contributed by atoms with E-state index in [-0.39, 0.29) is 17.3 Å². The van der Waals surface area contributed by atoms with Crippen molar-refractivity contribution in [2.45, 2.75) is 56.6 Å². The van der Waals surface area contributed by atoms with Gasteiger partial charge in [0.15, 0.2) is 0 Å². The first-order chi connectivity index (χ1) is 9.10. The fourth-order valence-corrected chi connectivity index (χ4v) is 2.58. The van der Waals surface area contributed by atoms with Gasteiger partial charge in [0.2, 0.25) is 5.91 Å². The molecule has 0 heterocycles. The minimum Gasteiger partial charge on any atom is -0.409 e. The van der Waals surface area contributed by atoms with Gasteiger partial charge in [-0.3, -0.25) is 4.79 Å². The Balaban J connectivity index is 1.89. The minimum atomic E-state index is -0.235. The Morgan fingerprint density at radius 2 is 2.21 bits per heavy atom. The van der Waals surface area contributed by atoms with Gasteiger partial charge >= 0.3 is 0 Å². The van der Waals surface area contributed by atoms with Gasteiger partial charge in [0.1, 0.15) is 5.84 Å². The molecule has 1 amide bonds. The van der Waals surface area contributed by atoms with Crippen molar-refractivity contribution in [2.75, 3.05) is 13.7 Å². The smallest absolute Gasteiger partial charge is 0.225 e. The molecule has 2 saturated carbocycles. The quantitative estimate of drug-likeness (QED) is 0.313. The third-order valence-electron chi connectivity index (χ3n) is 4.22. The van der Waals surface area contributed by atoms with E-state index in [4.69, 9.17) is 15.7 Å². The third kappa shape index (κ3) is 3.37. The number of hydrogen-bond acceptors (Lipinski definition) is 4. The molecule has 0 atom stereocenters. The number of rotatable bonds is 7. The third-order valence-corrected chi connectivity index (χ3v) is 4.22. The molecule has 6 nitrogen and oxygen atoms in total. The number of hydrogen-bond donors (Lipinski definition) is 2. The van der Waals surface area contributed by atoms with Crippen molar-refractivity contribution in [2.24, 2.45) is 10.9 Å². The summed E-state index contributed by atoms with van der Waals surface area (Å²) in [5.74, 6) is 0.304. The van der Waals surface area contributed by atoms with E-state index in [1.165, 1.54) is 0 Å². The van der Waals surface area contributed by atoms with Crippen molar-refractivity contribution in [3.63, 3.8) is 0 Å². The van der Waals surface area contributed by atoms with Crippen LogP contribution < -0.4 is 5.73 Å². The maximum Gasteiger partial charge on any atom is 0.225 e. The highest BCUT2D eigenvalue weighted by molar-refractivity contribution is 5.82. The predicted octanol–water partition coefficient (Wildman–Crippen LogP) is 1.07. The van der Waals surface area contributed by atoms with E-state index in [1.54, 1.807) is 7.11 Å². The molecule has 2 aliphatic rings. The van der Waals surface area contributed by atoms with Crippen molar-refractivity contribution in [3.8, 4) is 0 Å². The second kappa shape index (κ2) is 5.77. The highest BCUT2D eigenvalue weighted by Crippen LogP contribution is 2.39. The second-order valence-electron chi connectivity index (χ2n) is 5.58. The highest BCUT2D eigenvalue weighted by atomic mass is 16.5.